The minimum atomic E-state index is -1.03. The lowest BCUT2D eigenvalue weighted by molar-refractivity contribution is 0.0748. The fourth-order valence-corrected chi connectivity index (χ4v) is 1.19. The van der Waals surface area contributed by atoms with Crippen LogP contribution in [-0.4, -0.2) is 30.4 Å². The van der Waals surface area contributed by atoms with Gasteiger partial charge in [0.1, 0.15) is 0 Å². The Morgan fingerprint density at radius 1 is 1.44 bits per heavy atom. The third kappa shape index (κ3) is 2.55. The van der Waals surface area contributed by atoms with Crippen LogP contribution in [0.3, 0.4) is 0 Å². The second-order valence-electron chi connectivity index (χ2n) is 3.63. The molecule has 16 heavy (non-hydrogen) atoms. The third-order valence-electron chi connectivity index (χ3n) is 2.49. The first-order valence-corrected chi connectivity index (χ1v) is 4.89. The zero-order chi connectivity index (χ0) is 12.3. The Morgan fingerprint density at radius 3 is 2.56 bits per heavy atom. The van der Waals surface area contributed by atoms with Crippen LogP contribution in [0.15, 0.2) is 18.2 Å². The molecule has 0 fully saturated rings. The summed E-state index contributed by atoms with van der Waals surface area (Å²) in [7, 11) is 1.57. The lowest BCUT2D eigenvalue weighted by Gasteiger charge is -2.23. The van der Waals surface area contributed by atoms with E-state index in [2.05, 4.69) is 0 Å². The number of likely N-dealkylation sites (N-methyl/N-ethyl adjacent to an activating group) is 1. The minimum Gasteiger partial charge on any atom is -0.338 e. The van der Waals surface area contributed by atoms with Crippen LogP contribution < -0.4 is 5.73 Å². The molecule has 1 atom stereocenters. The van der Waals surface area contributed by atoms with E-state index < -0.39 is 11.6 Å². The van der Waals surface area contributed by atoms with E-state index in [0.717, 1.165) is 12.1 Å². The van der Waals surface area contributed by atoms with Crippen molar-refractivity contribution in [3.8, 4) is 0 Å². The smallest absolute Gasteiger partial charge is 0.253 e. The summed E-state index contributed by atoms with van der Waals surface area (Å²) in [4.78, 5) is 13.2. The Bertz CT molecular complexity index is 396. The molecule has 5 heteroatoms. The summed E-state index contributed by atoms with van der Waals surface area (Å²) in [6, 6.07) is 2.92. The van der Waals surface area contributed by atoms with Crippen LogP contribution in [0.4, 0.5) is 8.78 Å². The van der Waals surface area contributed by atoms with Crippen molar-refractivity contribution in [1.29, 1.82) is 0 Å². The summed E-state index contributed by atoms with van der Waals surface area (Å²) in [6.45, 7) is 2.09. The Labute approximate surface area is 92.8 Å². The van der Waals surface area contributed by atoms with Crippen molar-refractivity contribution in [2.24, 2.45) is 5.73 Å². The number of rotatable bonds is 3. The van der Waals surface area contributed by atoms with Gasteiger partial charge < -0.3 is 10.6 Å². The molecule has 0 aliphatic heterocycles. The van der Waals surface area contributed by atoms with Gasteiger partial charge in [-0.1, -0.05) is 0 Å². The lowest BCUT2D eigenvalue weighted by atomic mass is 10.1. The van der Waals surface area contributed by atoms with Gasteiger partial charge in [0.2, 0.25) is 0 Å². The number of halogens is 2. The van der Waals surface area contributed by atoms with Crippen molar-refractivity contribution in [2.75, 3.05) is 13.6 Å². The molecule has 0 saturated heterocycles. The van der Waals surface area contributed by atoms with Gasteiger partial charge in [0.25, 0.3) is 5.91 Å². The van der Waals surface area contributed by atoms with Crippen molar-refractivity contribution in [3.05, 3.63) is 35.4 Å². The molecule has 0 aliphatic rings. The third-order valence-corrected chi connectivity index (χ3v) is 2.49. The summed E-state index contributed by atoms with van der Waals surface area (Å²) >= 11 is 0. The largest absolute Gasteiger partial charge is 0.338 e. The zero-order valence-corrected chi connectivity index (χ0v) is 9.21. The molecule has 1 rings (SSSR count). The van der Waals surface area contributed by atoms with Gasteiger partial charge >= 0.3 is 0 Å². The average molecular weight is 228 g/mol. The molecule has 0 radical (unpaired) electrons. The summed E-state index contributed by atoms with van der Waals surface area (Å²) in [5, 5.41) is 0. The Kier molecular flexibility index (Phi) is 3.95. The first-order chi connectivity index (χ1) is 7.47. The van der Waals surface area contributed by atoms with Crippen LogP contribution in [-0.2, 0) is 0 Å². The maximum atomic E-state index is 12.9. The highest BCUT2D eigenvalue weighted by atomic mass is 19.2. The van der Waals surface area contributed by atoms with Crippen LogP contribution in [0, 0.1) is 11.6 Å². The number of nitrogens with two attached hydrogens (primary N) is 1. The van der Waals surface area contributed by atoms with Crippen LogP contribution >= 0.6 is 0 Å². The number of nitrogens with zero attached hydrogens (tertiary/aromatic N) is 1. The SMILES string of the molecule is CC(CN)N(C)C(=O)c1ccc(F)c(F)c1. The van der Waals surface area contributed by atoms with Crippen molar-refractivity contribution >= 4 is 5.91 Å². The molecule has 0 spiro atoms. The van der Waals surface area contributed by atoms with E-state index in [9.17, 15) is 13.6 Å². The van der Waals surface area contributed by atoms with Gasteiger partial charge in [0.15, 0.2) is 11.6 Å². The second-order valence-corrected chi connectivity index (χ2v) is 3.63. The van der Waals surface area contributed by atoms with E-state index in [4.69, 9.17) is 5.73 Å². The monoisotopic (exact) mass is 228 g/mol. The molecule has 0 saturated carbocycles. The first-order valence-electron chi connectivity index (χ1n) is 4.89. The van der Waals surface area contributed by atoms with Gasteiger partial charge in [-0.25, -0.2) is 8.78 Å². The maximum absolute atomic E-state index is 12.9. The molecule has 1 unspecified atom stereocenters. The number of benzene rings is 1. The van der Waals surface area contributed by atoms with Gasteiger partial charge in [0.05, 0.1) is 0 Å². The molecule has 2 N–H and O–H groups in total. The highest BCUT2D eigenvalue weighted by Gasteiger charge is 2.17. The molecular formula is C11H14F2N2O. The van der Waals surface area contributed by atoms with Crippen molar-refractivity contribution in [2.45, 2.75) is 13.0 Å². The summed E-state index contributed by atoms with van der Waals surface area (Å²) in [5.74, 6) is -2.37. The van der Waals surface area contributed by atoms with Crippen molar-refractivity contribution in [3.63, 3.8) is 0 Å². The van der Waals surface area contributed by atoms with Gasteiger partial charge in [0, 0.05) is 25.2 Å². The normalized spacial score (nSPS) is 12.3. The van der Waals surface area contributed by atoms with E-state index >= 15 is 0 Å². The summed E-state index contributed by atoms with van der Waals surface area (Å²) in [5.41, 5.74) is 5.53. The van der Waals surface area contributed by atoms with E-state index in [1.165, 1.54) is 11.0 Å². The van der Waals surface area contributed by atoms with E-state index in [-0.39, 0.29) is 17.5 Å². The molecule has 0 aromatic heterocycles. The molecule has 0 heterocycles. The molecule has 0 bridgehead atoms. The minimum absolute atomic E-state index is 0.113. The van der Waals surface area contributed by atoms with Gasteiger partial charge in [-0.15, -0.1) is 0 Å². The Balaban J connectivity index is 2.92. The summed E-state index contributed by atoms with van der Waals surface area (Å²) < 4.78 is 25.6. The van der Waals surface area contributed by atoms with Gasteiger partial charge in [-0.2, -0.15) is 0 Å². The number of hydrogen-bond acceptors (Lipinski definition) is 2. The predicted molar refractivity (Wildman–Crippen MR) is 57.0 cm³/mol. The zero-order valence-electron chi connectivity index (χ0n) is 9.21. The fraction of sp³-hybridized carbons (Fsp3) is 0.364. The Morgan fingerprint density at radius 2 is 2.06 bits per heavy atom. The van der Waals surface area contributed by atoms with Crippen LogP contribution in [0.25, 0.3) is 0 Å². The van der Waals surface area contributed by atoms with Crippen LogP contribution in [0.5, 0.6) is 0 Å². The first kappa shape index (κ1) is 12.6. The van der Waals surface area contributed by atoms with Gasteiger partial charge in [-0.3, -0.25) is 4.79 Å². The van der Waals surface area contributed by atoms with E-state index in [0.29, 0.717) is 6.54 Å². The second kappa shape index (κ2) is 5.03. The standard InChI is InChI=1S/C11H14F2N2O/c1-7(6-14)15(2)11(16)8-3-4-9(12)10(13)5-8/h3-5,7H,6,14H2,1-2H3. The highest BCUT2D eigenvalue weighted by molar-refractivity contribution is 5.94. The predicted octanol–water partition coefficient (Wildman–Crippen LogP) is 1.38. The average Bonchev–Trinajstić information content (AvgIpc) is 2.29. The molecule has 88 valence electrons. The lowest BCUT2D eigenvalue weighted by Crippen LogP contribution is -2.39. The molecule has 3 nitrogen and oxygen atoms in total. The van der Waals surface area contributed by atoms with Crippen LogP contribution in [0.2, 0.25) is 0 Å². The number of amides is 1. The molecule has 1 aromatic carbocycles. The number of carbonyl (C=O) groups excluding carboxylic acids is 1. The molecule has 1 aromatic rings. The quantitative estimate of drug-likeness (QED) is 0.849. The van der Waals surface area contributed by atoms with E-state index in [1.54, 1.807) is 14.0 Å². The van der Waals surface area contributed by atoms with E-state index in [1.807, 2.05) is 0 Å². The number of hydrogen-bond donors (Lipinski definition) is 1. The van der Waals surface area contributed by atoms with Crippen molar-refractivity contribution < 1.29 is 13.6 Å². The van der Waals surface area contributed by atoms with Crippen molar-refractivity contribution in [1.82, 2.24) is 4.90 Å². The molecular weight excluding hydrogens is 214 g/mol. The number of carbonyl (C=O) groups is 1. The van der Waals surface area contributed by atoms with Crippen LogP contribution in [0.1, 0.15) is 17.3 Å². The highest BCUT2D eigenvalue weighted by Crippen LogP contribution is 2.11. The summed E-state index contributed by atoms with van der Waals surface area (Å²) in [6.07, 6.45) is 0. The maximum Gasteiger partial charge on any atom is 0.253 e. The Hall–Kier alpha value is -1.49. The molecule has 1 amide bonds. The fourth-order valence-electron chi connectivity index (χ4n) is 1.19. The topological polar surface area (TPSA) is 46.3 Å². The molecule has 0 aliphatic carbocycles. The van der Waals surface area contributed by atoms with Gasteiger partial charge in [-0.05, 0) is 25.1 Å².